The van der Waals surface area contributed by atoms with Crippen LogP contribution < -0.4 is 0 Å². The van der Waals surface area contributed by atoms with E-state index in [1.807, 2.05) is 52.4 Å². The summed E-state index contributed by atoms with van der Waals surface area (Å²) in [5.41, 5.74) is 3.19. The normalized spacial score (nSPS) is 19.6. The number of aromatic nitrogens is 1. The Morgan fingerprint density at radius 3 is 2.87 bits per heavy atom. The Balaban J connectivity index is 1.52. The molecule has 1 saturated heterocycles. The molecule has 0 aliphatic carbocycles. The molecule has 0 spiro atoms. The number of likely N-dealkylation sites (tertiary alicyclic amines) is 1. The number of fused-ring (bicyclic) bond motifs is 3. The second-order valence-corrected chi connectivity index (χ2v) is 8.64. The van der Waals surface area contributed by atoms with Gasteiger partial charge in [0.1, 0.15) is 12.2 Å². The quantitative estimate of drug-likeness (QED) is 0.705. The summed E-state index contributed by atoms with van der Waals surface area (Å²) < 4.78 is 3.02. The summed E-state index contributed by atoms with van der Waals surface area (Å²) in [7, 11) is 0. The average Bonchev–Trinajstić information content (AvgIpc) is 3.31. The number of hydrazone groups is 1. The standard InChI is InChI=1S/C22H22N4O3S/c27-16-7-4-9-24(12-16)21(28)14-26-22(29)19-11-20-18(8-10-30-20)25(19)13-17(23-26)15-5-2-1-3-6-15/h1-3,5-6,8,10-11,16,27H,4,7,9,12-14H2. The number of piperidine rings is 1. The minimum Gasteiger partial charge on any atom is -0.391 e. The fourth-order valence-electron chi connectivity index (χ4n) is 4.13. The molecule has 2 amide bonds. The molecular formula is C22H22N4O3S. The summed E-state index contributed by atoms with van der Waals surface area (Å²) in [6.45, 7) is 1.22. The third-order valence-corrected chi connectivity index (χ3v) is 6.52. The Labute approximate surface area is 177 Å². The lowest BCUT2D eigenvalue weighted by molar-refractivity contribution is -0.134. The van der Waals surface area contributed by atoms with Crippen LogP contribution in [0.1, 0.15) is 28.9 Å². The van der Waals surface area contributed by atoms with Crippen LogP contribution in [0.4, 0.5) is 0 Å². The molecule has 30 heavy (non-hydrogen) atoms. The minimum absolute atomic E-state index is 0.138. The van der Waals surface area contributed by atoms with E-state index in [9.17, 15) is 14.7 Å². The molecule has 1 atom stereocenters. The Morgan fingerprint density at radius 1 is 1.23 bits per heavy atom. The van der Waals surface area contributed by atoms with Crippen molar-refractivity contribution in [2.45, 2.75) is 25.5 Å². The fourth-order valence-corrected chi connectivity index (χ4v) is 4.95. The zero-order chi connectivity index (χ0) is 20.7. The molecule has 2 aliphatic heterocycles. The molecule has 2 aliphatic rings. The average molecular weight is 423 g/mol. The Hall–Kier alpha value is -2.97. The van der Waals surface area contributed by atoms with E-state index < -0.39 is 6.10 Å². The van der Waals surface area contributed by atoms with Gasteiger partial charge in [0.2, 0.25) is 5.91 Å². The van der Waals surface area contributed by atoms with Crippen LogP contribution in [-0.2, 0) is 11.3 Å². The molecule has 5 rings (SSSR count). The Bertz CT molecular complexity index is 1130. The maximum absolute atomic E-state index is 13.3. The molecule has 7 nitrogen and oxygen atoms in total. The molecule has 0 bridgehead atoms. The summed E-state index contributed by atoms with van der Waals surface area (Å²) in [4.78, 5) is 27.9. The first-order chi connectivity index (χ1) is 14.6. The third-order valence-electron chi connectivity index (χ3n) is 5.67. The molecule has 1 N–H and O–H groups in total. The van der Waals surface area contributed by atoms with Crippen molar-refractivity contribution in [3.63, 3.8) is 0 Å². The summed E-state index contributed by atoms with van der Waals surface area (Å²) in [6.07, 6.45) is 0.959. The number of benzene rings is 1. The van der Waals surface area contributed by atoms with Gasteiger partial charge in [-0.3, -0.25) is 9.59 Å². The van der Waals surface area contributed by atoms with E-state index in [-0.39, 0.29) is 18.4 Å². The number of carbonyl (C=O) groups excluding carboxylic acids is 2. The van der Waals surface area contributed by atoms with Crippen LogP contribution in [0.3, 0.4) is 0 Å². The first kappa shape index (κ1) is 19.0. The lowest BCUT2D eigenvalue weighted by Gasteiger charge is -2.31. The number of aliphatic hydroxyl groups excluding tert-OH is 1. The molecular weight excluding hydrogens is 400 g/mol. The van der Waals surface area contributed by atoms with Crippen molar-refractivity contribution < 1.29 is 14.7 Å². The molecule has 4 heterocycles. The minimum atomic E-state index is -0.505. The van der Waals surface area contributed by atoms with E-state index in [2.05, 4.69) is 5.10 Å². The monoisotopic (exact) mass is 422 g/mol. The Morgan fingerprint density at radius 2 is 2.07 bits per heavy atom. The van der Waals surface area contributed by atoms with Crippen molar-refractivity contribution in [1.82, 2.24) is 14.5 Å². The topological polar surface area (TPSA) is 78.1 Å². The molecule has 1 unspecified atom stereocenters. The van der Waals surface area contributed by atoms with Crippen molar-refractivity contribution in [3.05, 3.63) is 59.1 Å². The van der Waals surface area contributed by atoms with E-state index in [0.29, 0.717) is 31.7 Å². The van der Waals surface area contributed by atoms with E-state index in [1.54, 1.807) is 16.2 Å². The number of thiophene rings is 1. The summed E-state index contributed by atoms with van der Waals surface area (Å²) >= 11 is 1.59. The number of rotatable bonds is 3. The van der Waals surface area contributed by atoms with Crippen LogP contribution in [0, 0.1) is 0 Å². The van der Waals surface area contributed by atoms with Gasteiger partial charge in [0.15, 0.2) is 0 Å². The zero-order valence-corrected chi connectivity index (χ0v) is 17.2. The fraction of sp³-hybridized carbons (Fsp3) is 0.318. The second-order valence-electron chi connectivity index (χ2n) is 7.70. The smallest absolute Gasteiger partial charge is 0.291 e. The molecule has 3 aromatic rings. The van der Waals surface area contributed by atoms with Crippen LogP contribution >= 0.6 is 11.3 Å². The highest BCUT2D eigenvalue weighted by Crippen LogP contribution is 2.28. The maximum Gasteiger partial charge on any atom is 0.291 e. The highest BCUT2D eigenvalue weighted by molar-refractivity contribution is 7.17. The van der Waals surface area contributed by atoms with Crippen LogP contribution in [-0.4, -0.2) is 62.8 Å². The van der Waals surface area contributed by atoms with E-state index in [0.717, 1.165) is 27.9 Å². The highest BCUT2D eigenvalue weighted by atomic mass is 32.1. The van der Waals surface area contributed by atoms with Gasteiger partial charge in [0, 0.05) is 13.1 Å². The number of hydrogen-bond donors (Lipinski definition) is 1. The number of hydrogen-bond acceptors (Lipinski definition) is 5. The van der Waals surface area contributed by atoms with E-state index >= 15 is 0 Å². The molecule has 1 fully saturated rings. The van der Waals surface area contributed by atoms with E-state index in [4.69, 9.17) is 0 Å². The van der Waals surface area contributed by atoms with E-state index in [1.165, 1.54) is 5.01 Å². The van der Waals surface area contributed by atoms with Gasteiger partial charge in [-0.25, -0.2) is 5.01 Å². The summed E-state index contributed by atoms with van der Waals surface area (Å²) in [5.74, 6) is -0.477. The molecule has 0 radical (unpaired) electrons. The predicted molar refractivity (Wildman–Crippen MR) is 116 cm³/mol. The molecule has 8 heteroatoms. The van der Waals surface area contributed by atoms with Crippen molar-refractivity contribution in [2.75, 3.05) is 19.6 Å². The van der Waals surface area contributed by atoms with Gasteiger partial charge < -0.3 is 14.6 Å². The van der Waals surface area contributed by atoms with Gasteiger partial charge in [-0.2, -0.15) is 5.10 Å². The summed E-state index contributed by atoms with van der Waals surface area (Å²) in [6, 6.07) is 13.6. The van der Waals surface area contributed by atoms with Crippen molar-refractivity contribution in [3.8, 4) is 0 Å². The van der Waals surface area contributed by atoms with Crippen LogP contribution in [0.2, 0.25) is 0 Å². The number of amides is 2. The number of carbonyl (C=O) groups is 2. The van der Waals surface area contributed by atoms with Gasteiger partial charge in [-0.1, -0.05) is 30.3 Å². The van der Waals surface area contributed by atoms with Gasteiger partial charge in [0.25, 0.3) is 5.91 Å². The molecule has 1 aromatic carbocycles. The first-order valence-corrected chi connectivity index (χ1v) is 11.0. The van der Waals surface area contributed by atoms with Gasteiger partial charge in [-0.05, 0) is 35.9 Å². The second kappa shape index (κ2) is 7.70. The lowest BCUT2D eigenvalue weighted by atomic mass is 10.1. The predicted octanol–water partition coefficient (Wildman–Crippen LogP) is 2.55. The number of aliphatic hydroxyl groups is 1. The number of β-amino-alcohol motifs (C(OH)–C–C–N with tert-alkyl or cyclic N) is 1. The first-order valence-electron chi connectivity index (χ1n) is 10.1. The van der Waals surface area contributed by atoms with Crippen LogP contribution in [0.5, 0.6) is 0 Å². The van der Waals surface area contributed by atoms with Crippen molar-refractivity contribution in [2.24, 2.45) is 5.10 Å². The zero-order valence-electron chi connectivity index (χ0n) is 16.4. The number of nitrogens with zero attached hydrogens (tertiary/aromatic N) is 4. The molecule has 2 aromatic heterocycles. The van der Waals surface area contributed by atoms with Crippen molar-refractivity contribution in [1.29, 1.82) is 0 Å². The SMILES string of the molecule is O=C(CN1N=C(c2ccccc2)Cn2c(cc3sccc32)C1=O)N1CCCC(O)C1. The molecule has 0 saturated carbocycles. The third kappa shape index (κ3) is 3.42. The van der Waals surface area contributed by atoms with Gasteiger partial charge in [-0.15, -0.1) is 11.3 Å². The Kier molecular flexibility index (Phi) is 4.88. The highest BCUT2D eigenvalue weighted by Gasteiger charge is 2.30. The lowest BCUT2D eigenvalue weighted by Crippen LogP contribution is -2.46. The van der Waals surface area contributed by atoms with Gasteiger partial charge >= 0.3 is 0 Å². The largest absolute Gasteiger partial charge is 0.391 e. The van der Waals surface area contributed by atoms with Crippen molar-refractivity contribution >= 4 is 39.1 Å². The van der Waals surface area contributed by atoms with Crippen LogP contribution in [0.15, 0.2) is 52.9 Å². The van der Waals surface area contributed by atoms with Crippen LogP contribution in [0.25, 0.3) is 10.2 Å². The maximum atomic E-state index is 13.3. The summed E-state index contributed by atoms with van der Waals surface area (Å²) in [5, 5.41) is 17.8. The molecule has 154 valence electrons. The van der Waals surface area contributed by atoms with Gasteiger partial charge in [0.05, 0.1) is 28.6 Å².